The summed E-state index contributed by atoms with van der Waals surface area (Å²) in [5.41, 5.74) is 0. The summed E-state index contributed by atoms with van der Waals surface area (Å²) in [4.78, 5) is 39.5. The van der Waals surface area contributed by atoms with E-state index in [-0.39, 0.29) is 37.4 Å². The molecule has 1 saturated heterocycles. The maximum atomic E-state index is 12.0. The lowest BCUT2D eigenvalue weighted by molar-refractivity contribution is -0.131. The minimum atomic E-state index is -0.295. The highest BCUT2D eigenvalue weighted by molar-refractivity contribution is 6.01. The van der Waals surface area contributed by atoms with Crippen molar-refractivity contribution in [3.63, 3.8) is 0 Å². The van der Waals surface area contributed by atoms with Crippen molar-refractivity contribution < 1.29 is 18.8 Å². The molecule has 0 spiro atoms. The van der Waals surface area contributed by atoms with E-state index >= 15 is 0 Å². The molecule has 0 saturated carbocycles. The second kappa shape index (κ2) is 6.64. The Labute approximate surface area is 129 Å². The Hall–Kier alpha value is -2.31. The molecule has 1 aliphatic rings. The summed E-state index contributed by atoms with van der Waals surface area (Å²) in [5, 5.41) is 0. The first-order valence-electron chi connectivity index (χ1n) is 7.23. The first-order chi connectivity index (χ1) is 10.4. The second-order valence-electron chi connectivity index (χ2n) is 5.55. The zero-order valence-electron chi connectivity index (χ0n) is 13.2. The van der Waals surface area contributed by atoms with E-state index in [4.69, 9.17) is 4.42 Å². The Morgan fingerprint density at radius 3 is 2.64 bits per heavy atom. The lowest BCUT2D eigenvalue weighted by atomic mass is 10.2. The molecule has 0 atom stereocenters. The van der Waals surface area contributed by atoms with Crippen LogP contribution in [0.25, 0.3) is 0 Å². The van der Waals surface area contributed by atoms with E-state index in [1.54, 1.807) is 19.0 Å². The molecule has 0 bridgehead atoms. The Morgan fingerprint density at radius 1 is 1.36 bits per heavy atom. The second-order valence-corrected chi connectivity index (χ2v) is 5.55. The number of rotatable bonds is 6. The summed E-state index contributed by atoms with van der Waals surface area (Å²) in [6.07, 6.45) is 0.753. The fourth-order valence-electron chi connectivity index (χ4n) is 2.36. The van der Waals surface area contributed by atoms with Crippen LogP contribution in [0.15, 0.2) is 16.5 Å². The van der Waals surface area contributed by atoms with Crippen molar-refractivity contribution in [2.24, 2.45) is 0 Å². The number of carbonyl (C=O) groups excluding carboxylic acids is 3. The van der Waals surface area contributed by atoms with Gasteiger partial charge in [0.25, 0.3) is 0 Å². The van der Waals surface area contributed by atoms with Gasteiger partial charge in [-0.25, -0.2) is 4.79 Å². The van der Waals surface area contributed by atoms with Crippen LogP contribution in [0.5, 0.6) is 0 Å². The standard InChI is InChI=1S/C15H21N3O4/c1-11-6-7-12(22-11)9-16(2)13(19)5-4-8-18-14(20)10-17(3)15(18)21/h6-7H,4-5,8-10H2,1-3H3. The van der Waals surface area contributed by atoms with Gasteiger partial charge in [0.05, 0.1) is 6.54 Å². The number of likely N-dealkylation sites (N-methyl/N-ethyl adjacent to an activating group) is 1. The van der Waals surface area contributed by atoms with Gasteiger partial charge in [-0.15, -0.1) is 0 Å². The van der Waals surface area contributed by atoms with Crippen molar-refractivity contribution in [2.75, 3.05) is 27.2 Å². The van der Waals surface area contributed by atoms with Gasteiger partial charge >= 0.3 is 6.03 Å². The number of nitrogens with zero attached hydrogens (tertiary/aromatic N) is 3. The largest absolute Gasteiger partial charge is 0.464 e. The first-order valence-corrected chi connectivity index (χ1v) is 7.23. The maximum absolute atomic E-state index is 12.0. The maximum Gasteiger partial charge on any atom is 0.326 e. The summed E-state index contributed by atoms with van der Waals surface area (Å²) in [6, 6.07) is 3.41. The summed E-state index contributed by atoms with van der Waals surface area (Å²) < 4.78 is 5.43. The van der Waals surface area contributed by atoms with Gasteiger partial charge in [0, 0.05) is 27.1 Å². The quantitative estimate of drug-likeness (QED) is 0.741. The topological polar surface area (TPSA) is 74.1 Å². The van der Waals surface area contributed by atoms with Crippen LogP contribution in [0, 0.1) is 6.92 Å². The minimum Gasteiger partial charge on any atom is -0.464 e. The highest BCUT2D eigenvalue weighted by Crippen LogP contribution is 2.12. The number of amides is 4. The zero-order valence-corrected chi connectivity index (χ0v) is 13.2. The molecule has 1 fully saturated rings. The number of furan rings is 1. The molecule has 120 valence electrons. The number of hydrogen-bond donors (Lipinski definition) is 0. The molecule has 0 aliphatic carbocycles. The summed E-state index contributed by atoms with van der Waals surface area (Å²) in [7, 11) is 3.30. The fourth-order valence-corrected chi connectivity index (χ4v) is 2.36. The monoisotopic (exact) mass is 307 g/mol. The average molecular weight is 307 g/mol. The minimum absolute atomic E-state index is 0.0403. The summed E-state index contributed by atoms with van der Waals surface area (Å²) in [5.74, 6) is 1.30. The van der Waals surface area contributed by atoms with Crippen LogP contribution in [0.1, 0.15) is 24.4 Å². The number of hydrogen-bond acceptors (Lipinski definition) is 4. The molecular weight excluding hydrogens is 286 g/mol. The average Bonchev–Trinajstić information content (AvgIpc) is 2.96. The first kappa shape index (κ1) is 16.1. The zero-order chi connectivity index (χ0) is 16.3. The van der Waals surface area contributed by atoms with Crippen molar-refractivity contribution in [1.82, 2.24) is 14.7 Å². The predicted molar refractivity (Wildman–Crippen MR) is 78.9 cm³/mol. The number of imide groups is 1. The van der Waals surface area contributed by atoms with E-state index in [2.05, 4.69) is 0 Å². The number of urea groups is 1. The molecule has 1 aromatic heterocycles. The smallest absolute Gasteiger partial charge is 0.326 e. The SMILES string of the molecule is Cc1ccc(CN(C)C(=O)CCCN2C(=O)CN(C)C2=O)o1. The number of aryl methyl sites for hydroxylation is 1. The summed E-state index contributed by atoms with van der Waals surface area (Å²) in [6.45, 7) is 2.66. The van der Waals surface area contributed by atoms with Gasteiger partial charge in [-0.3, -0.25) is 14.5 Å². The highest BCUT2D eigenvalue weighted by Gasteiger charge is 2.32. The molecule has 2 rings (SSSR count). The van der Waals surface area contributed by atoms with E-state index in [9.17, 15) is 14.4 Å². The van der Waals surface area contributed by atoms with Crippen LogP contribution in [0.2, 0.25) is 0 Å². The molecule has 4 amide bonds. The molecular formula is C15H21N3O4. The molecule has 0 unspecified atom stereocenters. The lowest BCUT2D eigenvalue weighted by Gasteiger charge is -2.17. The third-order valence-electron chi connectivity index (χ3n) is 3.62. The molecule has 22 heavy (non-hydrogen) atoms. The molecule has 0 N–H and O–H groups in total. The van der Waals surface area contributed by atoms with Crippen molar-refractivity contribution in [3.8, 4) is 0 Å². The predicted octanol–water partition coefficient (Wildman–Crippen LogP) is 1.22. The molecule has 1 aromatic rings. The molecule has 1 aliphatic heterocycles. The van der Waals surface area contributed by atoms with Crippen LogP contribution < -0.4 is 0 Å². The van der Waals surface area contributed by atoms with Crippen LogP contribution in [-0.4, -0.2) is 59.7 Å². The molecule has 2 heterocycles. The van der Waals surface area contributed by atoms with E-state index < -0.39 is 0 Å². The molecule has 7 heteroatoms. The van der Waals surface area contributed by atoms with Gasteiger partial charge in [-0.2, -0.15) is 0 Å². The highest BCUT2D eigenvalue weighted by atomic mass is 16.3. The normalized spacial score (nSPS) is 14.9. The van der Waals surface area contributed by atoms with E-state index in [1.807, 2.05) is 19.1 Å². The Bertz CT molecular complexity index is 581. The fraction of sp³-hybridized carbons (Fsp3) is 0.533. The lowest BCUT2D eigenvalue weighted by Crippen LogP contribution is -2.33. The van der Waals surface area contributed by atoms with E-state index in [0.717, 1.165) is 11.5 Å². The van der Waals surface area contributed by atoms with Crippen LogP contribution in [0.4, 0.5) is 4.79 Å². The Kier molecular flexibility index (Phi) is 4.85. The van der Waals surface area contributed by atoms with Crippen LogP contribution in [0.3, 0.4) is 0 Å². The van der Waals surface area contributed by atoms with Crippen molar-refractivity contribution in [3.05, 3.63) is 23.7 Å². The third-order valence-corrected chi connectivity index (χ3v) is 3.62. The van der Waals surface area contributed by atoms with E-state index in [1.165, 1.54) is 9.80 Å². The van der Waals surface area contributed by atoms with Gasteiger partial charge in [-0.05, 0) is 25.5 Å². The summed E-state index contributed by atoms with van der Waals surface area (Å²) >= 11 is 0. The van der Waals surface area contributed by atoms with Crippen molar-refractivity contribution in [1.29, 1.82) is 0 Å². The van der Waals surface area contributed by atoms with Crippen LogP contribution in [-0.2, 0) is 16.1 Å². The van der Waals surface area contributed by atoms with Gasteiger partial charge in [0.1, 0.15) is 18.1 Å². The van der Waals surface area contributed by atoms with Crippen molar-refractivity contribution >= 4 is 17.8 Å². The third kappa shape index (κ3) is 3.66. The van der Waals surface area contributed by atoms with Crippen LogP contribution >= 0.6 is 0 Å². The van der Waals surface area contributed by atoms with Crippen molar-refractivity contribution in [2.45, 2.75) is 26.3 Å². The van der Waals surface area contributed by atoms with Gasteiger partial charge in [-0.1, -0.05) is 0 Å². The van der Waals surface area contributed by atoms with Gasteiger partial charge in [0.2, 0.25) is 11.8 Å². The Morgan fingerprint density at radius 2 is 2.09 bits per heavy atom. The van der Waals surface area contributed by atoms with Gasteiger partial charge < -0.3 is 14.2 Å². The Balaban J connectivity index is 1.75. The molecule has 0 radical (unpaired) electrons. The number of carbonyl (C=O) groups is 3. The van der Waals surface area contributed by atoms with E-state index in [0.29, 0.717) is 13.0 Å². The van der Waals surface area contributed by atoms with Gasteiger partial charge in [0.15, 0.2) is 0 Å². The molecule has 0 aromatic carbocycles. The molecule has 7 nitrogen and oxygen atoms in total.